The maximum atomic E-state index is 12.7. The van der Waals surface area contributed by atoms with Gasteiger partial charge in [0.25, 0.3) is 0 Å². The van der Waals surface area contributed by atoms with Gasteiger partial charge in [-0.15, -0.1) is 13.2 Å². The van der Waals surface area contributed by atoms with Gasteiger partial charge in [-0.25, -0.2) is 8.42 Å². The number of hydrogen-bond acceptors (Lipinski definition) is 4. The average Bonchev–Trinajstić information content (AvgIpc) is 2.60. The van der Waals surface area contributed by atoms with Gasteiger partial charge in [-0.2, -0.15) is 4.72 Å². The molecule has 2 aromatic carbocycles. The van der Waals surface area contributed by atoms with E-state index in [1.807, 2.05) is 0 Å². The fourth-order valence-electron chi connectivity index (χ4n) is 2.25. The van der Waals surface area contributed by atoms with Crippen molar-refractivity contribution >= 4 is 39.1 Å². The molecule has 2 aromatic rings. The topological polar surface area (TPSA) is 75.7 Å². The van der Waals surface area contributed by atoms with Crippen molar-refractivity contribution < 1.29 is 31.1 Å². The highest BCUT2D eigenvalue weighted by molar-refractivity contribution is 7.89. The number of sulfonamides is 1. The van der Waals surface area contributed by atoms with Crippen molar-refractivity contribution in [1.29, 1.82) is 0 Å². The first kappa shape index (κ1) is 23.3. The van der Waals surface area contributed by atoms with Crippen LogP contribution in [0, 0.1) is 0 Å². The molecule has 158 valence electrons. The molecule has 0 unspecified atom stereocenters. The molecule has 1 amide bonds. The molecule has 0 aromatic heterocycles. The van der Waals surface area contributed by atoms with Crippen LogP contribution < -0.4 is 9.46 Å². The third-order valence-corrected chi connectivity index (χ3v) is 5.78. The first-order valence-corrected chi connectivity index (χ1v) is 10.1. The van der Waals surface area contributed by atoms with E-state index in [9.17, 15) is 26.4 Å². The van der Waals surface area contributed by atoms with Crippen LogP contribution >= 0.6 is 23.2 Å². The van der Waals surface area contributed by atoms with E-state index < -0.39 is 34.1 Å². The van der Waals surface area contributed by atoms with Crippen LogP contribution in [0.1, 0.15) is 11.6 Å². The van der Waals surface area contributed by atoms with E-state index in [4.69, 9.17) is 23.2 Å². The minimum absolute atomic E-state index is 0.119. The molecule has 0 aliphatic carbocycles. The lowest BCUT2D eigenvalue weighted by molar-refractivity contribution is -0.274. The summed E-state index contributed by atoms with van der Waals surface area (Å²) in [6.07, 6.45) is -4.91. The minimum atomic E-state index is -4.91. The summed E-state index contributed by atoms with van der Waals surface area (Å²) in [6.45, 7) is 0. The van der Waals surface area contributed by atoms with Gasteiger partial charge in [0.05, 0.1) is 14.9 Å². The summed E-state index contributed by atoms with van der Waals surface area (Å²) in [5, 5.41) is 0.336. The number of carbonyl (C=O) groups excluding carboxylic acids is 1. The number of nitrogens with zero attached hydrogens (tertiary/aromatic N) is 1. The van der Waals surface area contributed by atoms with Crippen molar-refractivity contribution in [3.05, 3.63) is 58.1 Å². The van der Waals surface area contributed by atoms with Gasteiger partial charge in [-0.3, -0.25) is 4.79 Å². The first-order chi connectivity index (χ1) is 13.3. The molecule has 0 aliphatic rings. The minimum Gasteiger partial charge on any atom is -0.406 e. The molecule has 29 heavy (non-hydrogen) atoms. The Bertz CT molecular complexity index is 997. The third kappa shape index (κ3) is 6.23. The van der Waals surface area contributed by atoms with Gasteiger partial charge in [0.2, 0.25) is 15.9 Å². The summed E-state index contributed by atoms with van der Waals surface area (Å²) in [5.41, 5.74) is 0.235. The van der Waals surface area contributed by atoms with Gasteiger partial charge >= 0.3 is 6.36 Å². The fraction of sp³-hybridized carbons (Fsp3) is 0.235. The maximum absolute atomic E-state index is 12.7. The smallest absolute Gasteiger partial charge is 0.406 e. The second kappa shape index (κ2) is 8.78. The molecule has 0 saturated carbocycles. The second-order valence-electron chi connectivity index (χ2n) is 5.98. The van der Waals surface area contributed by atoms with Gasteiger partial charge in [0, 0.05) is 14.1 Å². The van der Waals surface area contributed by atoms with E-state index in [-0.39, 0.29) is 20.5 Å². The lowest BCUT2D eigenvalue weighted by Crippen LogP contribution is -2.39. The van der Waals surface area contributed by atoms with Crippen LogP contribution in [0.25, 0.3) is 0 Å². The highest BCUT2D eigenvalue weighted by Gasteiger charge is 2.32. The second-order valence-corrected chi connectivity index (χ2v) is 8.51. The number of rotatable bonds is 6. The molecule has 1 N–H and O–H groups in total. The van der Waals surface area contributed by atoms with Crippen LogP contribution in [0.2, 0.25) is 10.0 Å². The molecule has 0 spiro atoms. The highest BCUT2D eigenvalue weighted by Crippen LogP contribution is 2.28. The van der Waals surface area contributed by atoms with E-state index in [0.717, 1.165) is 24.3 Å². The van der Waals surface area contributed by atoms with Crippen LogP contribution in [0.5, 0.6) is 5.75 Å². The quantitative estimate of drug-likeness (QED) is 0.692. The van der Waals surface area contributed by atoms with Gasteiger partial charge in [-0.1, -0.05) is 29.3 Å². The molecule has 0 fully saturated rings. The number of nitrogens with one attached hydrogen (secondary N) is 1. The zero-order chi connectivity index (χ0) is 22.0. The number of halogens is 5. The van der Waals surface area contributed by atoms with Crippen molar-refractivity contribution in [3.63, 3.8) is 0 Å². The first-order valence-electron chi connectivity index (χ1n) is 7.84. The highest BCUT2D eigenvalue weighted by atomic mass is 35.5. The van der Waals surface area contributed by atoms with Crippen molar-refractivity contribution in [2.24, 2.45) is 0 Å². The predicted molar refractivity (Wildman–Crippen MR) is 101 cm³/mol. The largest absolute Gasteiger partial charge is 0.573 e. The molecular formula is C17H15Cl2F3N2O4S. The van der Waals surface area contributed by atoms with Gasteiger partial charge in [-0.05, 0) is 42.0 Å². The molecule has 1 atom stereocenters. The number of likely N-dealkylation sites (N-methyl/N-ethyl adjacent to an activating group) is 1. The zero-order valence-electron chi connectivity index (χ0n) is 15.0. The Hall–Kier alpha value is -2.01. The molecule has 0 saturated heterocycles. The molecule has 0 aliphatic heterocycles. The maximum Gasteiger partial charge on any atom is 0.573 e. The van der Waals surface area contributed by atoms with Gasteiger partial charge < -0.3 is 9.64 Å². The van der Waals surface area contributed by atoms with Crippen LogP contribution in [-0.2, 0) is 14.8 Å². The van der Waals surface area contributed by atoms with E-state index in [1.54, 1.807) is 0 Å². The number of hydrogen-bond donors (Lipinski definition) is 1. The monoisotopic (exact) mass is 470 g/mol. The number of ether oxygens (including phenoxy) is 1. The fourth-order valence-corrected chi connectivity index (χ4v) is 3.74. The van der Waals surface area contributed by atoms with Crippen molar-refractivity contribution in [2.75, 3.05) is 14.1 Å². The molecule has 2 rings (SSSR count). The van der Waals surface area contributed by atoms with Crippen molar-refractivity contribution in [1.82, 2.24) is 9.62 Å². The number of benzene rings is 2. The summed E-state index contributed by atoms with van der Waals surface area (Å²) in [6, 6.07) is 6.41. The van der Waals surface area contributed by atoms with E-state index in [1.165, 1.54) is 37.2 Å². The molecule has 0 bridgehead atoms. The summed E-state index contributed by atoms with van der Waals surface area (Å²) < 4.78 is 68.1. The molecule has 0 heterocycles. The summed E-state index contributed by atoms with van der Waals surface area (Å²) in [7, 11) is -1.41. The Balaban J connectivity index is 2.36. The molecule has 0 radical (unpaired) electrons. The number of carbonyl (C=O) groups is 1. The predicted octanol–water partition coefficient (Wildman–Crippen LogP) is 4.00. The van der Waals surface area contributed by atoms with Crippen LogP contribution in [-0.4, -0.2) is 39.7 Å². The van der Waals surface area contributed by atoms with E-state index in [2.05, 4.69) is 9.46 Å². The van der Waals surface area contributed by atoms with Crippen LogP contribution in [0.3, 0.4) is 0 Å². The molecule has 12 heteroatoms. The lowest BCUT2D eigenvalue weighted by Gasteiger charge is -2.22. The number of alkyl halides is 3. The van der Waals surface area contributed by atoms with E-state index >= 15 is 0 Å². The van der Waals surface area contributed by atoms with Crippen LogP contribution in [0.4, 0.5) is 13.2 Å². The molecular weight excluding hydrogens is 456 g/mol. The number of amides is 1. The Morgan fingerprint density at radius 1 is 1.07 bits per heavy atom. The lowest BCUT2D eigenvalue weighted by atomic mass is 10.1. The van der Waals surface area contributed by atoms with Gasteiger partial charge in [0.1, 0.15) is 11.8 Å². The molecule has 6 nitrogen and oxygen atoms in total. The Morgan fingerprint density at radius 2 is 1.66 bits per heavy atom. The van der Waals surface area contributed by atoms with Crippen LogP contribution in [0.15, 0.2) is 47.4 Å². The summed E-state index contributed by atoms with van der Waals surface area (Å²) >= 11 is 11.8. The summed E-state index contributed by atoms with van der Waals surface area (Å²) in [5.74, 6) is -1.18. The normalized spacial score (nSPS) is 13.1. The van der Waals surface area contributed by atoms with Crippen molar-refractivity contribution in [2.45, 2.75) is 17.3 Å². The average molecular weight is 471 g/mol. The Kier molecular flexibility index (Phi) is 7.05. The zero-order valence-corrected chi connectivity index (χ0v) is 17.3. The summed E-state index contributed by atoms with van der Waals surface area (Å²) in [4.78, 5) is 13.4. The SMILES string of the molecule is CN(C)C(=O)[C@H](NS(=O)(=O)c1ccc(OC(F)(F)F)cc1)c1ccc(Cl)c(Cl)c1. The van der Waals surface area contributed by atoms with Crippen molar-refractivity contribution in [3.8, 4) is 5.75 Å². The third-order valence-electron chi connectivity index (χ3n) is 3.61. The van der Waals surface area contributed by atoms with E-state index in [0.29, 0.717) is 0 Å². The Morgan fingerprint density at radius 3 is 2.14 bits per heavy atom. The standard InChI is InChI=1S/C17H15Cl2F3N2O4S/c1-24(2)16(25)15(10-3-8-13(18)14(19)9-10)23-29(26,27)12-6-4-11(5-7-12)28-17(20,21)22/h3-9,15,23H,1-2H3/t15-/m1/s1. The Labute approximate surface area is 175 Å². The van der Waals surface area contributed by atoms with Gasteiger partial charge in [0.15, 0.2) is 0 Å².